The fraction of sp³-hybridized carbons (Fsp3) is 0.556. The summed E-state index contributed by atoms with van der Waals surface area (Å²) in [5.41, 5.74) is 3.24. The van der Waals surface area contributed by atoms with E-state index in [1.807, 2.05) is 18.2 Å². The number of nitrogens with one attached hydrogen (secondary N) is 1. The third-order valence-electron chi connectivity index (χ3n) is 7.81. The van der Waals surface area contributed by atoms with Crippen molar-refractivity contribution < 1.29 is 9.53 Å². The number of nitriles is 1. The fourth-order valence-electron chi connectivity index (χ4n) is 5.16. The number of anilines is 2. The van der Waals surface area contributed by atoms with E-state index in [0.29, 0.717) is 23.4 Å². The molecule has 1 aromatic carbocycles. The number of amides is 1. The maximum Gasteiger partial charge on any atom is 0.239 e. The monoisotopic (exact) mass is 480 g/mol. The van der Waals surface area contributed by atoms with E-state index < -0.39 is 0 Å². The first-order valence-electron chi connectivity index (χ1n) is 12.3. The Morgan fingerprint density at radius 3 is 2.68 bits per heavy atom. The van der Waals surface area contributed by atoms with Crippen molar-refractivity contribution in [1.29, 1.82) is 5.26 Å². The second kappa shape index (κ2) is 10.4. The maximum atomic E-state index is 12.9. The highest BCUT2D eigenvalue weighted by Crippen LogP contribution is 2.45. The van der Waals surface area contributed by atoms with Crippen molar-refractivity contribution in [1.82, 2.24) is 4.90 Å². The number of benzene rings is 1. The van der Waals surface area contributed by atoms with Gasteiger partial charge < -0.3 is 15.0 Å². The Morgan fingerprint density at radius 2 is 2.00 bits per heavy atom. The zero-order chi connectivity index (χ0) is 24.3. The van der Waals surface area contributed by atoms with Crippen LogP contribution in [0.15, 0.2) is 24.3 Å². The number of piperazine rings is 1. The third kappa shape index (κ3) is 5.08. The van der Waals surface area contributed by atoms with Crippen LogP contribution in [-0.4, -0.2) is 50.6 Å². The normalized spacial score (nSPS) is 18.8. The van der Waals surface area contributed by atoms with Gasteiger partial charge in [-0.15, -0.1) is 11.3 Å². The van der Waals surface area contributed by atoms with Gasteiger partial charge in [0.05, 0.1) is 24.9 Å². The Hall–Kier alpha value is -2.56. The summed E-state index contributed by atoms with van der Waals surface area (Å²) >= 11 is 1.61. The standard InChI is InChI=1S/C27H36N4O2S/c1-5-27(2,3)19-10-11-20-21(17-28)26(34-24(20)16-19)29-25(32)18-30-12-14-31(15-13-30)22-8-6-7-9-23(22)33-4/h6-9,19H,5,10-16,18H2,1-4H3,(H,29,32). The lowest BCUT2D eigenvalue weighted by molar-refractivity contribution is -0.117. The van der Waals surface area contributed by atoms with Gasteiger partial charge in [0.2, 0.25) is 5.91 Å². The minimum atomic E-state index is -0.0359. The van der Waals surface area contributed by atoms with Gasteiger partial charge in [-0.3, -0.25) is 9.69 Å². The largest absolute Gasteiger partial charge is 0.495 e. The summed E-state index contributed by atoms with van der Waals surface area (Å²) in [5, 5.41) is 13.6. The summed E-state index contributed by atoms with van der Waals surface area (Å²) in [4.78, 5) is 18.7. The average Bonchev–Trinajstić information content (AvgIpc) is 3.20. The molecule has 2 heterocycles. The Morgan fingerprint density at radius 1 is 1.26 bits per heavy atom. The number of thiophene rings is 1. The van der Waals surface area contributed by atoms with Crippen molar-refractivity contribution >= 4 is 27.9 Å². The molecule has 6 nitrogen and oxygen atoms in total. The fourth-order valence-corrected chi connectivity index (χ4v) is 6.45. The molecule has 1 N–H and O–H groups in total. The molecular formula is C27H36N4O2S. The Labute approximate surface area is 207 Å². The van der Waals surface area contributed by atoms with E-state index in [1.54, 1.807) is 18.4 Å². The lowest BCUT2D eigenvalue weighted by Crippen LogP contribution is -2.48. The molecule has 0 saturated carbocycles. The van der Waals surface area contributed by atoms with Gasteiger partial charge in [-0.1, -0.05) is 39.3 Å². The van der Waals surface area contributed by atoms with Gasteiger partial charge in [-0.25, -0.2) is 0 Å². The second-order valence-corrected chi connectivity index (χ2v) is 11.2. The van der Waals surface area contributed by atoms with Crippen LogP contribution in [0.5, 0.6) is 5.75 Å². The average molecular weight is 481 g/mol. The molecule has 4 rings (SSSR count). The number of carbonyl (C=O) groups excluding carboxylic acids is 1. The highest BCUT2D eigenvalue weighted by molar-refractivity contribution is 7.16. The maximum absolute atomic E-state index is 12.9. The molecule has 0 spiro atoms. The van der Waals surface area contributed by atoms with Crippen molar-refractivity contribution in [3.05, 3.63) is 40.3 Å². The Kier molecular flexibility index (Phi) is 7.49. The van der Waals surface area contributed by atoms with Crippen LogP contribution in [0.2, 0.25) is 0 Å². The van der Waals surface area contributed by atoms with Crippen molar-refractivity contribution in [2.45, 2.75) is 46.5 Å². The number of hydrogen-bond acceptors (Lipinski definition) is 6. The molecule has 1 amide bonds. The molecule has 0 bridgehead atoms. The van der Waals surface area contributed by atoms with Crippen molar-refractivity contribution in [3.63, 3.8) is 0 Å². The lowest BCUT2D eigenvalue weighted by Gasteiger charge is -2.36. The summed E-state index contributed by atoms with van der Waals surface area (Å²) in [6.45, 7) is 10.6. The second-order valence-electron chi connectivity index (χ2n) is 10.1. The molecule has 34 heavy (non-hydrogen) atoms. The molecule has 2 aromatic rings. The zero-order valence-electron chi connectivity index (χ0n) is 20.8. The molecule has 1 unspecified atom stereocenters. The summed E-state index contributed by atoms with van der Waals surface area (Å²) in [6, 6.07) is 10.4. The van der Waals surface area contributed by atoms with Gasteiger partial charge in [0, 0.05) is 31.1 Å². The van der Waals surface area contributed by atoms with E-state index in [0.717, 1.165) is 73.9 Å². The highest BCUT2D eigenvalue weighted by atomic mass is 32.1. The van der Waals surface area contributed by atoms with Gasteiger partial charge in [0.1, 0.15) is 16.8 Å². The topological polar surface area (TPSA) is 68.6 Å². The van der Waals surface area contributed by atoms with Crippen molar-refractivity contribution in [2.75, 3.05) is 50.1 Å². The van der Waals surface area contributed by atoms with Crippen LogP contribution in [0.1, 0.15) is 49.6 Å². The molecule has 1 atom stereocenters. The van der Waals surface area contributed by atoms with Gasteiger partial charge >= 0.3 is 0 Å². The van der Waals surface area contributed by atoms with E-state index in [1.165, 1.54) is 4.88 Å². The first-order chi connectivity index (χ1) is 16.4. The summed E-state index contributed by atoms with van der Waals surface area (Å²) in [5.74, 6) is 1.47. The van der Waals surface area contributed by atoms with Gasteiger partial charge in [-0.2, -0.15) is 5.26 Å². The van der Waals surface area contributed by atoms with Crippen LogP contribution in [0, 0.1) is 22.7 Å². The number of carbonyl (C=O) groups is 1. The number of para-hydroxylation sites is 2. The number of hydrogen-bond donors (Lipinski definition) is 1. The van der Waals surface area contributed by atoms with Crippen molar-refractivity contribution in [3.8, 4) is 11.8 Å². The molecule has 182 valence electrons. The molecule has 1 saturated heterocycles. The summed E-state index contributed by atoms with van der Waals surface area (Å²) in [7, 11) is 1.70. The van der Waals surface area contributed by atoms with Crippen LogP contribution in [-0.2, 0) is 17.6 Å². The summed E-state index contributed by atoms with van der Waals surface area (Å²) < 4.78 is 5.50. The Bertz CT molecular complexity index is 1060. The number of nitrogens with zero attached hydrogens (tertiary/aromatic N) is 3. The number of methoxy groups -OCH3 is 1. The minimum absolute atomic E-state index is 0.0359. The number of rotatable bonds is 7. The SMILES string of the molecule is CCC(C)(C)C1CCc2c(sc(NC(=O)CN3CCN(c4ccccc4OC)CC3)c2C#N)C1. The third-order valence-corrected chi connectivity index (χ3v) is 8.98. The molecule has 1 fully saturated rings. The van der Waals surface area contributed by atoms with Crippen molar-refractivity contribution in [2.24, 2.45) is 11.3 Å². The molecule has 7 heteroatoms. The number of fused-ring (bicyclic) bond motifs is 1. The Balaban J connectivity index is 1.36. The lowest BCUT2D eigenvalue weighted by atomic mass is 9.69. The molecule has 1 aliphatic carbocycles. The van der Waals surface area contributed by atoms with Crippen LogP contribution >= 0.6 is 11.3 Å². The van der Waals surface area contributed by atoms with Crippen LogP contribution in [0.4, 0.5) is 10.7 Å². The first-order valence-corrected chi connectivity index (χ1v) is 13.1. The quantitative estimate of drug-likeness (QED) is 0.609. The summed E-state index contributed by atoms with van der Waals surface area (Å²) in [6.07, 6.45) is 4.21. The highest BCUT2D eigenvalue weighted by Gasteiger charge is 2.34. The number of ether oxygens (including phenoxy) is 1. The van der Waals surface area contributed by atoms with E-state index >= 15 is 0 Å². The molecular weight excluding hydrogens is 444 g/mol. The van der Waals surface area contributed by atoms with Gasteiger partial charge in [0.25, 0.3) is 0 Å². The van der Waals surface area contributed by atoms with Crippen LogP contribution in [0.25, 0.3) is 0 Å². The zero-order valence-corrected chi connectivity index (χ0v) is 21.6. The minimum Gasteiger partial charge on any atom is -0.495 e. The van der Waals surface area contributed by atoms with E-state index in [9.17, 15) is 10.1 Å². The smallest absolute Gasteiger partial charge is 0.239 e. The van der Waals surface area contributed by atoms with E-state index in [-0.39, 0.29) is 5.91 Å². The van der Waals surface area contributed by atoms with Gasteiger partial charge in [-0.05, 0) is 48.3 Å². The predicted octanol–water partition coefficient (Wildman–Crippen LogP) is 4.93. The molecule has 1 aliphatic heterocycles. The van der Waals surface area contributed by atoms with Crippen LogP contribution < -0.4 is 15.0 Å². The molecule has 1 aromatic heterocycles. The van der Waals surface area contributed by atoms with E-state index in [2.05, 4.69) is 48.0 Å². The first kappa shape index (κ1) is 24.6. The van der Waals surface area contributed by atoms with E-state index in [4.69, 9.17) is 4.74 Å². The predicted molar refractivity (Wildman–Crippen MR) is 139 cm³/mol. The van der Waals surface area contributed by atoms with Gasteiger partial charge in [0.15, 0.2) is 0 Å². The molecule has 2 aliphatic rings. The molecule has 0 radical (unpaired) electrons. The van der Waals surface area contributed by atoms with Crippen LogP contribution in [0.3, 0.4) is 0 Å².